The number of amides is 1. The average Bonchev–Trinajstić information content (AvgIpc) is 3.10. The van der Waals surface area contributed by atoms with Crippen molar-refractivity contribution in [1.29, 1.82) is 0 Å². The fourth-order valence-corrected chi connectivity index (χ4v) is 3.24. The van der Waals surface area contributed by atoms with Crippen LogP contribution in [0.3, 0.4) is 0 Å². The Morgan fingerprint density at radius 1 is 1.04 bits per heavy atom. The predicted octanol–water partition coefficient (Wildman–Crippen LogP) is 5.80. The normalized spacial score (nSPS) is 11.5. The van der Waals surface area contributed by atoms with Gasteiger partial charge in [0.1, 0.15) is 0 Å². The molecule has 1 amide bonds. The van der Waals surface area contributed by atoms with Crippen LogP contribution in [0.25, 0.3) is 11.1 Å². The lowest BCUT2D eigenvalue weighted by Gasteiger charge is -2.02. The van der Waals surface area contributed by atoms with Gasteiger partial charge >= 0.3 is 0 Å². The Bertz CT molecular complexity index is 981. The SMILES string of the molecule is Cc1ccc(/C=C(\Cl)c2nnc(C(=O)Nc3ccc(Cl)cc3)s2)cc1C. The molecule has 7 heteroatoms. The lowest BCUT2D eigenvalue weighted by Crippen LogP contribution is -2.11. The van der Waals surface area contributed by atoms with E-state index < -0.39 is 0 Å². The van der Waals surface area contributed by atoms with Crippen molar-refractivity contribution in [3.05, 3.63) is 74.2 Å². The number of rotatable bonds is 4. The Labute approximate surface area is 165 Å². The first-order valence-corrected chi connectivity index (χ1v) is 9.35. The smallest absolute Gasteiger partial charge is 0.286 e. The molecule has 1 aromatic heterocycles. The van der Waals surface area contributed by atoms with Crippen LogP contribution >= 0.6 is 34.5 Å². The molecule has 3 aromatic rings. The van der Waals surface area contributed by atoms with E-state index in [4.69, 9.17) is 23.2 Å². The quantitative estimate of drug-likeness (QED) is 0.598. The summed E-state index contributed by atoms with van der Waals surface area (Å²) in [6.07, 6.45) is 1.81. The number of carbonyl (C=O) groups is 1. The van der Waals surface area contributed by atoms with Gasteiger partial charge in [-0.2, -0.15) is 0 Å². The van der Waals surface area contributed by atoms with Crippen molar-refractivity contribution in [1.82, 2.24) is 10.2 Å². The van der Waals surface area contributed by atoms with Gasteiger partial charge in [-0.15, -0.1) is 10.2 Å². The molecule has 0 spiro atoms. The first kappa shape index (κ1) is 18.6. The highest BCUT2D eigenvalue weighted by atomic mass is 35.5. The Morgan fingerprint density at radius 3 is 2.42 bits per heavy atom. The van der Waals surface area contributed by atoms with E-state index in [1.807, 2.05) is 31.2 Å². The van der Waals surface area contributed by atoms with Crippen LogP contribution in [0.1, 0.15) is 31.5 Å². The van der Waals surface area contributed by atoms with Gasteiger partial charge in [-0.3, -0.25) is 4.79 Å². The van der Waals surface area contributed by atoms with Gasteiger partial charge in [0.05, 0.1) is 5.03 Å². The standard InChI is InChI=1S/C19H15Cl2N3OS/c1-11-3-4-13(9-12(11)2)10-16(21)18-23-24-19(26-18)17(25)22-15-7-5-14(20)6-8-15/h3-10H,1-2H3,(H,22,25)/b16-10-. The molecule has 1 heterocycles. The van der Waals surface area contributed by atoms with Crippen molar-refractivity contribution in [3.63, 3.8) is 0 Å². The van der Waals surface area contributed by atoms with Crippen molar-refractivity contribution in [3.8, 4) is 0 Å². The minimum atomic E-state index is -0.341. The van der Waals surface area contributed by atoms with Gasteiger partial charge in [0.2, 0.25) is 5.01 Å². The van der Waals surface area contributed by atoms with E-state index >= 15 is 0 Å². The zero-order valence-corrected chi connectivity index (χ0v) is 16.4. The molecule has 26 heavy (non-hydrogen) atoms. The summed E-state index contributed by atoms with van der Waals surface area (Å²) in [6.45, 7) is 4.10. The maximum Gasteiger partial charge on any atom is 0.286 e. The van der Waals surface area contributed by atoms with Gasteiger partial charge in [-0.05, 0) is 60.9 Å². The van der Waals surface area contributed by atoms with E-state index in [1.165, 1.54) is 11.1 Å². The molecule has 4 nitrogen and oxygen atoms in total. The summed E-state index contributed by atoms with van der Waals surface area (Å²) in [7, 11) is 0. The fourth-order valence-electron chi connectivity index (χ4n) is 2.19. The zero-order chi connectivity index (χ0) is 18.7. The third-order valence-corrected chi connectivity index (χ3v) is 5.36. The third kappa shape index (κ3) is 4.49. The van der Waals surface area contributed by atoms with Crippen molar-refractivity contribution < 1.29 is 4.79 Å². The van der Waals surface area contributed by atoms with Crippen LogP contribution < -0.4 is 5.32 Å². The van der Waals surface area contributed by atoms with Gasteiger partial charge in [0, 0.05) is 10.7 Å². The first-order chi connectivity index (χ1) is 12.4. The molecule has 0 aliphatic carbocycles. The summed E-state index contributed by atoms with van der Waals surface area (Å²) < 4.78 is 0. The van der Waals surface area contributed by atoms with Crippen LogP contribution in [0.15, 0.2) is 42.5 Å². The molecule has 0 aliphatic heterocycles. The molecule has 2 aromatic carbocycles. The molecular weight excluding hydrogens is 389 g/mol. The first-order valence-electron chi connectivity index (χ1n) is 7.77. The van der Waals surface area contributed by atoms with Crippen molar-refractivity contribution in [2.45, 2.75) is 13.8 Å². The highest BCUT2D eigenvalue weighted by molar-refractivity contribution is 7.15. The van der Waals surface area contributed by atoms with Crippen LogP contribution in [0.5, 0.6) is 0 Å². The van der Waals surface area contributed by atoms with Crippen molar-refractivity contribution >= 4 is 57.2 Å². The molecule has 132 valence electrons. The number of hydrogen-bond acceptors (Lipinski definition) is 4. The number of anilines is 1. The summed E-state index contributed by atoms with van der Waals surface area (Å²) in [5.41, 5.74) is 4.01. The second-order valence-electron chi connectivity index (χ2n) is 5.71. The van der Waals surface area contributed by atoms with Crippen LogP contribution in [-0.2, 0) is 0 Å². The highest BCUT2D eigenvalue weighted by Gasteiger charge is 2.15. The molecule has 0 radical (unpaired) electrons. The number of benzene rings is 2. The van der Waals surface area contributed by atoms with E-state index in [9.17, 15) is 4.79 Å². The number of hydrogen-bond donors (Lipinski definition) is 1. The van der Waals surface area contributed by atoms with Crippen LogP contribution in [0, 0.1) is 13.8 Å². The molecule has 0 aliphatic rings. The monoisotopic (exact) mass is 403 g/mol. The minimum absolute atomic E-state index is 0.238. The molecule has 3 rings (SSSR count). The second-order valence-corrected chi connectivity index (χ2v) is 7.53. The molecular formula is C19H15Cl2N3OS. The molecule has 0 bridgehead atoms. The highest BCUT2D eigenvalue weighted by Crippen LogP contribution is 2.26. The number of carbonyl (C=O) groups excluding carboxylic acids is 1. The Morgan fingerprint density at radius 2 is 1.73 bits per heavy atom. The molecule has 0 saturated carbocycles. The van der Waals surface area contributed by atoms with Crippen LogP contribution in [0.4, 0.5) is 5.69 Å². The molecule has 0 unspecified atom stereocenters. The third-order valence-electron chi connectivity index (χ3n) is 3.75. The van der Waals surface area contributed by atoms with Crippen molar-refractivity contribution in [2.75, 3.05) is 5.32 Å². The molecule has 0 saturated heterocycles. The number of halogens is 2. The Kier molecular flexibility index (Phi) is 5.71. The van der Waals surface area contributed by atoms with Crippen molar-refractivity contribution in [2.24, 2.45) is 0 Å². The van der Waals surface area contributed by atoms with Crippen LogP contribution in [0.2, 0.25) is 5.02 Å². The Hall–Kier alpha value is -2.21. The van der Waals surface area contributed by atoms with E-state index in [0.717, 1.165) is 16.9 Å². The molecule has 1 N–H and O–H groups in total. The molecule has 0 atom stereocenters. The lowest BCUT2D eigenvalue weighted by atomic mass is 10.1. The van der Waals surface area contributed by atoms with Crippen LogP contribution in [-0.4, -0.2) is 16.1 Å². The van der Waals surface area contributed by atoms with E-state index in [2.05, 4.69) is 22.4 Å². The van der Waals surface area contributed by atoms with Gasteiger partial charge in [-0.1, -0.05) is 52.7 Å². The topological polar surface area (TPSA) is 54.9 Å². The second kappa shape index (κ2) is 7.99. The summed E-state index contributed by atoms with van der Waals surface area (Å²) in [5.74, 6) is -0.341. The summed E-state index contributed by atoms with van der Waals surface area (Å²) >= 11 is 13.3. The number of aryl methyl sites for hydroxylation is 2. The molecule has 0 fully saturated rings. The average molecular weight is 404 g/mol. The number of nitrogens with zero attached hydrogens (tertiary/aromatic N) is 2. The minimum Gasteiger partial charge on any atom is -0.320 e. The summed E-state index contributed by atoms with van der Waals surface area (Å²) in [5, 5.41) is 12.5. The van der Waals surface area contributed by atoms with E-state index in [0.29, 0.717) is 20.7 Å². The van der Waals surface area contributed by atoms with Gasteiger partial charge < -0.3 is 5.32 Å². The Balaban J connectivity index is 1.75. The van der Waals surface area contributed by atoms with Gasteiger partial charge in [0.25, 0.3) is 5.91 Å². The van der Waals surface area contributed by atoms with Gasteiger partial charge in [-0.25, -0.2) is 0 Å². The van der Waals surface area contributed by atoms with E-state index in [1.54, 1.807) is 24.3 Å². The fraction of sp³-hybridized carbons (Fsp3) is 0.105. The maximum atomic E-state index is 12.3. The largest absolute Gasteiger partial charge is 0.320 e. The zero-order valence-electron chi connectivity index (χ0n) is 14.1. The lowest BCUT2D eigenvalue weighted by molar-refractivity contribution is 0.102. The maximum absolute atomic E-state index is 12.3. The number of nitrogens with one attached hydrogen (secondary N) is 1. The van der Waals surface area contributed by atoms with Gasteiger partial charge in [0.15, 0.2) is 5.01 Å². The predicted molar refractivity (Wildman–Crippen MR) is 109 cm³/mol. The van der Waals surface area contributed by atoms with E-state index in [-0.39, 0.29) is 10.9 Å². The number of aromatic nitrogens is 2. The summed E-state index contributed by atoms with van der Waals surface area (Å²) in [4.78, 5) is 12.3. The summed E-state index contributed by atoms with van der Waals surface area (Å²) in [6, 6.07) is 12.9.